The Balaban J connectivity index is 2.27. The minimum Gasteiger partial charge on any atom is -0.508 e. The first-order chi connectivity index (χ1) is 7.66. The summed E-state index contributed by atoms with van der Waals surface area (Å²) in [5.74, 6) is 0.754. The molecule has 0 radical (unpaired) electrons. The third-order valence-electron chi connectivity index (χ3n) is 2.05. The second kappa shape index (κ2) is 4.65. The average molecular weight is 328 g/mol. The second-order valence-electron chi connectivity index (χ2n) is 3.19. The molecule has 0 aliphatic carbocycles. The fraction of sp³-hybridized carbons (Fsp3) is 0.0909. The van der Waals surface area contributed by atoms with Gasteiger partial charge in [0, 0.05) is 21.5 Å². The van der Waals surface area contributed by atoms with Gasteiger partial charge in [0.1, 0.15) is 11.5 Å². The number of benzene rings is 1. The second-order valence-corrected chi connectivity index (χ2v) is 4.43. The van der Waals surface area contributed by atoms with E-state index in [1.54, 1.807) is 37.5 Å². The average Bonchev–Trinajstić information content (AvgIpc) is 2.28. The summed E-state index contributed by atoms with van der Waals surface area (Å²) < 4.78 is 6.40. The largest absolute Gasteiger partial charge is 0.508 e. The van der Waals surface area contributed by atoms with Gasteiger partial charge in [0.05, 0.1) is 0 Å². The van der Waals surface area contributed by atoms with Crippen LogP contribution in [0.25, 0.3) is 0 Å². The van der Waals surface area contributed by atoms with Crippen molar-refractivity contribution in [2.75, 3.05) is 0 Å². The lowest BCUT2D eigenvalue weighted by molar-refractivity contribution is 0.425. The van der Waals surface area contributed by atoms with Crippen LogP contribution in [0.3, 0.4) is 0 Å². The van der Waals surface area contributed by atoms with E-state index < -0.39 is 0 Å². The summed E-state index contributed by atoms with van der Waals surface area (Å²) in [6, 6.07) is 5.35. The molecule has 2 rings (SSSR count). The van der Waals surface area contributed by atoms with Gasteiger partial charge in [-0.3, -0.25) is 0 Å². The topological polar surface area (TPSA) is 55.2 Å². The molecule has 1 aromatic heterocycles. The van der Waals surface area contributed by atoms with Crippen molar-refractivity contribution in [3.8, 4) is 17.5 Å². The summed E-state index contributed by atoms with van der Waals surface area (Å²) in [6.07, 6.45) is 3.34. The van der Waals surface area contributed by atoms with Crippen LogP contribution in [0.15, 0.2) is 30.6 Å². The molecule has 0 bridgehead atoms. The molecule has 5 heteroatoms. The highest BCUT2D eigenvalue weighted by Crippen LogP contribution is 2.28. The van der Waals surface area contributed by atoms with E-state index in [4.69, 9.17) is 4.74 Å². The minimum absolute atomic E-state index is 0.197. The summed E-state index contributed by atoms with van der Waals surface area (Å²) in [7, 11) is 0. The summed E-state index contributed by atoms with van der Waals surface area (Å²) in [6.45, 7) is 1.78. The first-order valence-corrected chi connectivity index (χ1v) is 5.68. The number of aromatic nitrogens is 2. The van der Waals surface area contributed by atoms with Crippen LogP contribution in [0.1, 0.15) is 5.56 Å². The monoisotopic (exact) mass is 328 g/mol. The molecule has 82 valence electrons. The van der Waals surface area contributed by atoms with Crippen LogP contribution in [-0.2, 0) is 0 Å². The molecule has 2 aromatic rings. The zero-order valence-corrected chi connectivity index (χ0v) is 10.7. The number of hydrogen-bond donors (Lipinski definition) is 1. The molecule has 0 atom stereocenters. The van der Waals surface area contributed by atoms with Crippen molar-refractivity contribution in [2.24, 2.45) is 0 Å². The van der Waals surface area contributed by atoms with Gasteiger partial charge < -0.3 is 9.84 Å². The lowest BCUT2D eigenvalue weighted by Gasteiger charge is -2.07. The van der Waals surface area contributed by atoms with Crippen molar-refractivity contribution in [3.63, 3.8) is 0 Å². The van der Waals surface area contributed by atoms with E-state index in [2.05, 4.69) is 32.6 Å². The molecule has 0 aliphatic heterocycles. The molecule has 0 saturated carbocycles. The Morgan fingerprint density at radius 2 is 1.94 bits per heavy atom. The molecular formula is C11H9IN2O2. The number of halogens is 1. The number of rotatable bonds is 2. The number of aromatic hydroxyl groups is 1. The number of nitrogens with zero attached hydrogens (tertiary/aromatic N) is 2. The number of ether oxygens (including phenoxy) is 1. The lowest BCUT2D eigenvalue weighted by Crippen LogP contribution is -1.93. The Bertz CT molecular complexity index is 500. The molecule has 0 spiro atoms. The van der Waals surface area contributed by atoms with E-state index in [0.29, 0.717) is 11.3 Å². The van der Waals surface area contributed by atoms with Gasteiger partial charge in [-0.25, -0.2) is 9.97 Å². The minimum atomic E-state index is 0.197. The van der Waals surface area contributed by atoms with Gasteiger partial charge in [0.25, 0.3) is 0 Å². The van der Waals surface area contributed by atoms with E-state index in [9.17, 15) is 5.11 Å². The maximum atomic E-state index is 9.50. The van der Waals surface area contributed by atoms with Crippen molar-refractivity contribution >= 4 is 22.6 Å². The van der Waals surface area contributed by atoms with Crippen molar-refractivity contribution in [3.05, 3.63) is 39.7 Å². The van der Waals surface area contributed by atoms with Gasteiger partial charge in [-0.1, -0.05) is 6.07 Å². The smallest absolute Gasteiger partial charge is 0.321 e. The first kappa shape index (κ1) is 11.1. The van der Waals surface area contributed by atoms with Crippen LogP contribution in [0.4, 0.5) is 0 Å². The third kappa shape index (κ3) is 2.41. The fourth-order valence-electron chi connectivity index (χ4n) is 1.16. The third-order valence-corrected chi connectivity index (χ3v) is 2.61. The van der Waals surface area contributed by atoms with Crippen molar-refractivity contribution < 1.29 is 9.84 Å². The van der Waals surface area contributed by atoms with Crippen LogP contribution < -0.4 is 4.74 Å². The Hall–Kier alpha value is -1.37. The van der Waals surface area contributed by atoms with E-state index in [1.807, 2.05) is 0 Å². The molecule has 1 N–H and O–H groups in total. The Morgan fingerprint density at radius 3 is 2.62 bits per heavy atom. The Labute approximate surface area is 106 Å². The molecular weight excluding hydrogens is 319 g/mol. The predicted molar refractivity (Wildman–Crippen MR) is 67.7 cm³/mol. The summed E-state index contributed by atoms with van der Waals surface area (Å²) in [4.78, 5) is 8.04. The highest BCUT2D eigenvalue weighted by molar-refractivity contribution is 14.1. The van der Waals surface area contributed by atoms with Crippen LogP contribution in [0, 0.1) is 10.5 Å². The van der Waals surface area contributed by atoms with E-state index in [1.165, 1.54) is 0 Å². The van der Waals surface area contributed by atoms with Gasteiger partial charge in [-0.15, -0.1) is 0 Å². The van der Waals surface area contributed by atoms with Crippen LogP contribution in [0.5, 0.6) is 17.5 Å². The molecule has 1 aromatic carbocycles. The summed E-state index contributed by atoms with van der Waals surface area (Å²) >= 11 is 2.12. The molecule has 16 heavy (non-hydrogen) atoms. The number of phenolic OH excluding ortho intramolecular Hbond substituents is 1. The first-order valence-electron chi connectivity index (χ1n) is 4.61. The summed E-state index contributed by atoms with van der Waals surface area (Å²) in [5.41, 5.74) is 0.671. The number of hydrogen-bond acceptors (Lipinski definition) is 4. The van der Waals surface area contributed by atoms with Crippen LogP contribution >= 0.6 is 22.6 Å². The van der Waals surface area contributed by atoms with E-state index >= 15 is 0 Å². The number of phenols is 1. The lowest BCUT2D eigenvalue weighted by atomic mass is 10.2. The van der Waals surface area contributed by atoms with Gasteiger partial charge >= 0.3 is 6.01 Å². The molecule has 0 saturated heterocycles. The zero-order chi connectivity index (χ0) is 11.5. The van der Waals surface area contributed by atoms with Gasteiger partial charge in [0.15, 0.2) is 0 Å². The fourth-order valence-corrected chi connectivity index (χ4v) is 1.44. The molecule has 0 fully saturated rings. The van der Waals surface area contributed by atoms with Crippen molar-refractivity contribution in [1.29, 1.82) is 0 Å². The highest BCUT2D eigenvalue weighted by atomic mass is 127. The maximum absolute atomic E-state index is 9.50. The molecule has 1 heterocycles. The van der Waals surface area contributed by atoms with E-state index in [-0.39, 0.29) is 11.8 Å². The summed E-state index contributed by atoms with van der Waals surface area (Å²) in [5, 5.41) is 9.50. The normalized spacial score (nSPS) is 10.1. The predicted octanol–water partition coefficient (Wildman–Crippen LogP) is 2.89. The molecule has 0 unspecified atom stereocenters. The molecule has 4 nitrogen and oxygen atoms in total. The van der Waals surface area contributed by atoms with Gasteiger partial charge in [-0.2, -0.15) is 0 Å². The molecule has 0 aliphatic rings. The van der Waals surface area contributed by atoms with Crippen molar-refractivity contribution in [1.82, 2.24) is 9.97 Å². The maximum Gasteiger partial charge on any atom is 0.321 e. The quantitative estimate of drug-likeness (QED) is 0.862. The van der Waals surface area contributed by atoms with Crippen LogP contribution in [-0.4, -0.2) is 15.1 Å². The van der Waals surface area contributed by atoms with Gasteiger partial charge in [0.2, 0.25) is 0 Å². The zero-order valence-electron chi connectivity index (χ0n) is 8.51. The Morgan fingerprint density at radius 1 is 1.25 bits per heavy atom. The SMILES string of the molecule is Cc1c(O)cccc1Oc1ncc(I)cn1. The molecule has 0 amide bonds. The van der Waals surface area contributed by atoms with Gasteiger partial charge in [-0.05, 0) is 41.6 Å². The standard InChI is InChI=1S/C11H9IN2O2/c1-7-9(15)3-2-4-10(7)16-11-13-5-8(12)6-14-11/h2-6,15H,1H3. The highest BCUT2D eigenvalue weighted by Gasteiger charge is 2.06. The van der Waals surface area contributed by atoms with Crippen LogP contribution in [0.2, 0.25) is 0 Å². The van der Waals surface area contributed by atoms with E-state index in [0.717, 1.165) is 3.57 Å². The van der Waals surface area contributed by atoms with Crippen molar-refractivity contribution in [2.45, 2.75) is 6.92 Å². The Kier molecular flexibility index (Phi) is 3.23.